The molecule has 10 heteroatoms. The Labute approximate surface area is 175 Å². The van der Waals surface area contributed by atoms with Crippen molar-refractivity contribution in [1.29, 1.82) is 0 Å². The fourth-order valence-electron chi connectivity index (χ4n) is 2.53. The molecule has 0 fully saturated rings. The van der Waals surface area contributed by atoms with Crippen molar-refractivity contribution in [2.24, 2.45) is 0 Å². The summed E-state index contributed by atoms with van der Waals surface area (Å²) in [7, 11) is 0. The number of nitrogens with one attached hydrogen (secondary N) is 1. The second kappa shape index (κ2) is 9.35. The van der Waals surface area contributed by atoms with Crippen LogP contribution in [-0.4, -0.2) is 39.0 Å². The summed E-state index contributed by atoms with van der Waals surface area (Å²) >= 11 is 4.27. The highest BCUT2D eigenvalue weighted by atomic mass is 32.2. The van der Waals surface area contributed by atoms with Gasteiger partial charge in [-0.15, -0.1) is 32.9 Å². The van der Waals surface area contributed by atoms with Crippen molar-refractivity contribution >= 4 is 51.3 Å². The SMILES string of the molecule is CCOC(=O)c1cc(C)sc1NC(=O)CSc1nnc(-c2cccs2)n1CC. The highest BCUT2D eigenvalue weighted by molar-refractivity contribution is 7.99. The van der Waals surface area contributed by atoms with Crippen molar-refractivity contribution in [1.82, 2.24) is 14.8 Å². The van der Waals surface area contributed by atoms with E-state index < -0.39 is 5.97 Å². The van der Waals surface area contributed by atoms with Gasteiger partial charge in [0.1, 0.15) is 5.00 Å². The molecule has 28 heavy (non-hydrogen) atoms. The summed E-state index contributed by atoms with van der Waals surface area (Å²) in [5.74, 6) is 0.336. The molecule has 0 unspecified atom stereocenters. The average molecular weight is 437 g/mol. The predicted octanol–water partition coefficient (Wildman–Crippen LogP) is 4.30. The molecule has 3 heterocycles. The van der Waals surface area contributed by atoms with E-state index in [1.807, 2.05) is 35.9 Å². The number of thiophene rings is 2. The number of ether oxygens (including phenoxy) is 1. The van der Waals surface area contributed by atoms with Crippen LogP contribution in [0.25, 0.3) is 10.7 Å². The fraction of sp³-hybridized carbons (Fsp3) is 0.333. The second-order valence-corrected chi connectivity index (χ2v) is 8.83. The van der Waals surface area contributed by atoms with Gasteiger partial charge >= 0.3 is 5.97 Å². The average Bonchev–Trinajstić information content (AvgIpc) is 3.39. The Morgan fingerprint density at radius 3 is 2.82 bits per heavy atom. The van der Waals surface area contributed by atoms with Crippen molar-refractivity contribution in [2.45, 2.75) is 32.5 Å². The topological polar surface area (TPSA) is 86.1 Å². The molecule has 0 spiro atoms. The number of hydrogen-bond donors (Lipinski definition) is 1. The van der Waals surface area contributed by atoms with E-state index in [0.717, 1.165) is 15.6 Å². The van der Waals surface area contributed by atoms with Gasteiger partial charge in [0.25, 0.3) is 0 Å². The number of nitrogens with zero attached hydrogens (tertiary/aromatic N) is 3. The van der Waals surface area contributed by atoms with E-state index in [-0.39, 0.29) is 18.3 Å². The molecule has 7 nitrogen and oxygen atoms in total. The maximum atomic E-state index is 12.4. The number of carbonyl (C=O) groups is 2. The summed E-state index contributed by atoms with van der Waals surface area (Å²) in [4.78, 5) is 26.4. The van der Waals surface area contributed by atoms with E-state index in [1.54, 1.807) is 24.3 Å². The first kappa shape index (κ1) is 20.6. The van der Waals surface area contributed by atoms with Gasteiger partial charge < -0.3 is 14.6 Å². The minimum atomic E-state index is -0.430. The zero-order chi connectivity index (χ0) is 20.1. The maximum Gasteiger partial charge on any atom is 0.341 e. The van der Waals surface area contributed by atoms with Gasteiger partial charge in [0.15, 0.2) is 11.0 Å². The molecule has 148 valence electrons. The van der Waals surface area contributed by atoms with Crippen LogP contribution in [0.4, 0.5) is 5.00 Å². The Kier molecular flexibility index (Phi) is 6.87. The molecule has 0 aromatic carbocycles. The quantitative estimate of drug-likeness (QED) is 0.418. The third-order valence-electron chi connectivity index (χ3n) is 3.71. The summed E-state index contributed by atoms with van der Waals surface area (Å²) in [5, 5.41) is 14.5. The summed E-state index contributed by atoms with van der Waals surface area (Å²) in [6.45, 7) is 6.65. The monoisotopic (exact) mass is 436 g/mol. The van der Waals surface area contributed by atoms with E-state index in [9.17, 15) is 9.59 Å². The van der Waals surface area contributed by atoms with Crippen LogP contribution in [0.15, 0.2) is 28.7 Å². The number of hydrogen-bond acceptors (Lipinski definition) is 8. The van der Waals surface area contributed by atoms with Gasteiger partial charge in [-0.3, -0.25) is 4.79 Å². The van der Waals surface area contributed by atoms with E-state index in [4.69, 9.17) is 4.74 Å². The molecule has 3 aromatic heterocycles. The number of carbonyl (C=O) groups excluding carboxylic acids is 2. The number of esters is 1. The first-order valence-electron chi connectivity index (χ1n) is 8.70. The third-order valence-corrected chi connectivity index (χ3v) is 6.51. The van der Waals surface area contributed by atoms with Crippen molar-refractivity contribution in [3.63, 3.8) is 0 Å². The lowest BCUT2D eigenvalue weighted by molar-refractivity contribution is -0.113. The van der Waals surface area contributed by atoms with Gasteiger partial charge in [0.05, 0.1) is 22.8 Å². The molecule has 0 bridgehead atoms. The van der Waals surface area contributed by atoms with Crippen LogP contribution in [0, 0.1) is 6.92 Å². The van der Waals surface area contributed by atoms with E-state index in [2.05, 4.69) is 15.5 Å². The molecule has 1 N–H and O–H groups in total. The molecule has 0 aliphatic rings. The first-order chi connectivity index (χ1) is 13.5. The Morgan fingerprint density at radius 1 is 1.32 bits per heavy atom. The Hall–Kier alpha value is -2.17. The van der Waals surface area contributed by atoms with Gasteiger partial charge in [-0.1, -0.05) is 17.8 Å². The lowest BCUT2D eigenvalue weighted by atomic mass is 10.3. The van der Waals surface area contributed by atoms with Crippen LogP contribution >= 0.6 is 34.4 Å². The van der Waals surface area contributed by atoms with Gasteiger partial charge in [0, 0.05) is 11.4 Å². The second-order valence-electron chi connectivity index (χ2n) is 5.68. The summed E-state index contributed by atoms with van der Waals surface area (Å²) in [6, 6.07) is 5.70. The zero-order valence-corrected chi connectivity index (χ0v) is 18.2. The van der Waals surface area contributed by atoms with Crippen molar-refractivity contribution in [3.05, 3.63) is 34.0 Å². The van der Waals surface area contributed by atoms with Crippen LogP contribution in [0.1, 0.15) is 29.1 Å². The molecule has 1 amide bonds. The van der Waals surface area contributed by atoms with E-state index >= 15 is 0 Å². The molecule has 0 aliphatic heterocycles. The normalized spacial score (nSPS) is 10.8. The van der Waals surface area contributed by atoms with Gasteiger partial charge in [-0.2, -0.15) is 0 Å². The number of thioether (sulfide) groups is 1. The summed E-state index contributed by atoms with van der Waals surface area (Å²) in [6.07, 6.45) is 0. The molecule has 0 saturated carbocycles. The molecule has 0 aliphatic carbocycles. The Morgan fingerprint density at radius 2 is 2.14 bits per heavy atom. The largest absolute Gasteiger partial charge is 0.462 e. The minimum absolute atomic E-state index is 0.168. The van der Waals surface area contributed by atoms with Gasteiger partial charge in [0.2, 0.25) is 5.91 Å². The number of amides is 1. The zero-order valence-electron chi connectivity index (χ0n) is 15.7. The molecule has 0 atom stereocenters. The molecular weight excluding hydrogens is 416 g/mol. The molecule has 0 saturated heterocycles. The van der Waals surface area contributed by atoms with E-state index in [0.29, 0.717) is 22.3 Å². The minimum Gasteiger partial charge on any atom is -0.462 e. The lowest BCUT2D eigenvalue weighted by Gasteiger charge is -2.07. The standard InChI is InChI=1S/C18H20N4O3S3/c1-4-22-15(13-7-6-8-26-13)20-21-18(22)27-10-14(23)19-16-12(9-11(3)28-16)17(24)25-5-2/h6-9H,4-5,10H2,1-3H3,(H,19,23). The number of rotatable bonds is 8. The third kappa shape index (κ3) is 4.62. The highest BCUT2D eigenvalue weighted by Gasteiger charge is 2.19. The smallest absolute Gasteiger partial charge is 0.341 e. The van der Waals surface area contributed by atoms with Crippen molar-refractivity contribution < 1.29 is 14.3 Å². The lowest BCUT2D eigenvalue weighted by Crippen LogP contribution is -2.16. The van der Waals surface area contributed by atoms with E-state index in [1.165, 1.54) is 23.1 Å². The molecule has 3 rings (SSSR count). The highest BCUT2D eigenvalue weighted by Crippen LogP contribution is 2.30. The summed E-state index contributed by atoms with van der Waals surface area (Å²) < 4.78 is 7.04. The van der Waals surface area contributed by atoms with Crippen LogP contribution in [0.2, 0.25) is 0 Å². The predicted molar refractivity (Wildman–Crippen MR) is 113 cm³/mol. The van der Waals surface area contributed by atoms with Crippen molar-refractivity contribution in [3.8, 4) is 10.7 Å². The molecule has 3 aromatic rings. The van der Waals surface area contributed by atoms with Crippen LogP contribution < -0.4 is 5.32 Å². The fourth-order valence-corrected chi connectivity index (χ4v) is 4.96. The molecule has 0 radical (unpaired) electrons. The number of anilines is 1. The van der Waals surface area contributed by atoms with Crippen molar-refractivity contribution in [2.75, 3.05) is 17.7 Å². The number of aromatic nitrogens is 3. The Balaban J connectivity index is 1.67. The summed E-state index contributed by atoms with van der Waals surface area (Å²) in [5.41, 5.74) is 0.388. The first-order valence-corrected chi connectivity index (χ1v) is 11.4. The number of aryl methyl sites for hydroxylation is 1. The Bertz CT molecular complexity index is 963. The van der Waals surface area contributed by atoms with Crippen LogP contribution in [0.5, 0.6) is 0 Å². The van der Waals surface area contributed by atoms with Crippen LogP contribution in [0.3, 0.4) is 0 Å². The van der Waals surface area contributed by atoms with Crippen LogP contribution in [-0.2, 0) is 16.1 Å². The molecular formula is C18H20N4O3S3. The maximum absolute atomic E-state index is 12.4. The van der Waals surface area contributed by atoms with Gasteiger partial charge in [-0.05, 0) is 38.3 Å². The van der Waals surface area contributed by atoms with Gasteiger partial charge in [-0.25, -0.2) is 4.79 Å².